The zero-order valence-electron chi connectivity index (χ0n) is 13.3. The topological polar surface area (TPSA) is 0 Å². The second kappa shape index (κ2) is 7.52. The molecule has 0 spiro atoms. The number of hydrogen-bond acceptors (Lipinski definition) is 0. The van der Waals surface area contributed by atoms with E-state index in [-0.39, 0.29) is 24.8 Å². The van der Waals surface area contributed by atoms with Gasteiger partial charge >= 0.3 is 120 Å². The Morgan fingerprint density at radius 1 is 1.00 bits per heavy atom. The van der Waals surface area contributed by atoms with Crippen molar-refractivity contribution in [1.29, 1.82) is 0 Å². The van der Waals surface area contributed by atoms with Crippen molar-refractivity contribution in [2.75, 3.05) is 0 Å². The van der Waals surface area contributed by atoms with E-state index in [1.165, 1.54) is 17.6 Å². The maximum atomic E-state index is 4.68. The molecule has 0 nitrogen and oxygen atoms in total. The molecule has 1 atom stereocenters. The van der Waals surface area contributed by atoms with E-state index in [4.69, 9.17) is 0 Å². The average Bonchev–Trinajstić information content (AvgIpc) is 2.75. The van der Waals surface area contributed by atoms with Crippen LogP contribution < -0.4 is 24.8 Å². The van der Waals surface area contributed by atoms with Crippen molar-refractivity contribution in [2.24, 2.45) is 5.92 Å². The molecule has 0 radical (unpaired) electrons. The second-order valence-corrected chi connectivity index (χ2v) is 10.9. The Balaban J connectivity index is 0.00000180. The number of rotatable bonds is 2. The largest absolute Gasteiger partial charge is 1.00 e. The van der Waals surface area contributed by atoms with Gasteiger partial charge in [0.1, 0.15) is 0 Å². The van der Waals surface area contributed by atoms with Crippen LogP contribution in [0.4, 0.5) is 0 Å². The predicted molar refractivity (Wildman–Crippen MR) is 78.4 cm³/mol. The van der Waals surface area contributed by atoms with Gasteiger partial charge in [0.25, 0.3) is 0 Å². The second-order valence-electron chi connectivity index (χ2n) is 5.74. The van der Waals surface area contributed by atoms with E-state index in [9.17, 15) is 0 Å². The van der Waals surface area contributed by atoms with Crippen LogP contribution in [0.15, 0.2) is 40.5 Å². The smallest absolute Gasteiger partial charge is 1.00 e. The summed E-state index contributed by atoms with van der Waals surface area (Å²) in [5, 5.41) is 0. The molecule has 110 valence electrons. The van der Waals surface area contributed by atoms with Gasteiger partial charge in [-0.15, -0.1) is 0 Å². The van der Waals surface area contributed by atoms with Crippen LogP contribution in [-0.4, -0.2) is 4.21 Å². The van der Waals surface area contributed by atoms with Gasteiger partial charge in [-0.25, -0.2) is 0 Å². The molecule has 0 amide bonds. The van der Waals surface area contributed by atoms with Gasteiger partial charge in [0.2, 0.25) is 0 Å². The van der Waals surface area contributed by atoms with E-state index in [1.54, 1.807) is 23.3 Å². The summed E-state index contributed by atoms with van der Waals surface area (Å²) < 4.78 is 8.14. The van der Waals surface area contributed by atoms with Crippen LogP contribution in [0.25, 0.3) is 0 Å². The van der Waals surface area contributed by atoms with Gasteiger partial charge in [0.15, 0.2) is 0 Å². The van der Waals surface area contributed by atoms with Crippen molar-refractivity contribution in [3.63, 3.8) is 0 Å². The molecule has 0 aliphatic heterocycles. The molecule has 20 heavy (non-hydrogen) atoms. The first kappa shape index (κ1) is 20.3. The normalized spacial score (nSPS) is 21.4. The molecule has 2 aliphatic carbocycles. The van der Waals surface area contributed by atoms with Crippen LogP contribution in [0.5, 0.6) is 0 Å². The molecule has 0 heterocycles. The SMILES string of the molecule is [CH2]=[Zr+2]([C]1=C(C)C(C)=CC1)[C]1=C(C)C(C)=C(C)C1C.[Cl-].[Cl-]. The molecule has 0 saturated carbocycles. The van der Waals surface area contributed by atoms with Gasteiger partial charge in [-0.3, -0.25) is 0 Å². The molecule has 0 bridgehead atoms. The Labute approximate surface area is 144 Å². The van der Waals surface area contributed by atoms with Crippen molar-refractivity contribution >= 4 is 4.21 Å². The van der Waals surface area contributed by atoms with Crippen molar-refractivity contribution in [1.82, 2.24) is 0 Å². The maximum Gasteiger partial charge on any atom is -1.00 e. The molecular weight excluding hydrogens is 366 g/mol. The molecular formula is C17H24Cl2Zr. The molecule has 3 heteroatoms. The van der Waals surface area contributed by atoms with Crippen molar-refractivity contribution in [2.45, 2.75) is 48.0 Å². The van der Waals surface area contributed by atoms with Crippen LogP contribution in [-0.2, 0) is 21.3 Å². The third-order valence-corrected chi connectivity index (χ3v) is 11.8. The predicted octanol–water partition coefficient (Wildman–Crippen LogP) is -1.07. The van der Waals surface area contributed by atoms with Crippen molar-refractivity contribution < 1.29 is 46.1 Å². The van der Waals surface area contributed by atoms with Crippen LogP contribution in [0.2, 0.25) is 0 Å². The van der Waals surface area contributed by atoms with E-state index in [0.717, 1.165) is 0 Å². The fourth-order valence-electron chi connectivity index (χ4n) is 3.16. The van der Waals surface area contributed by atoms with Crippen molar-refractivity contribution in [3.8, 4) is 0 Å². The Bertz CT molecular complexity index is 560. The standard InChI is InChI=1S/C9H13.C7H9.CH2.2ClH.Zr/c1-6-5-7(2)9(4)8(6)3;1-6-4-3-5-7(6)2;;;;/h6H,1-4H3;4H,3H2,1-2H3;1H2;2*1H;/q;;;;;+2/p-2. The summed E-state index contributed by atoms with van der Waals surface area (Å²) in [6.07, 6.45) is 3.57. The third kappa shape index (κ3) is 3.21. The summed E-state index contributed by atoms with van der Waals surface area (Å²) in [4.78, 5) is 0. The molecule has 0 saturated heterocycles. The van der Waals surface area contributed by atoms with Gasteiger partial charge < -0.3 is 24.8 Å². The summed E-state index contributed by atoms with van der Waals surface area (Å²) in [6.45, 7) is 13.8. The van der Waals surface area contributed by atoms with E-state index >= 15 is 0 Å². The van der Waals surface area contributed by atoms with E-state index in [1.807, 2.05) is 0 Å². The molecule has 0 aromatic heterocycles. The van der Waals surface area contributed by atoms with E-state index in [2.05, 4.69) is 51.8 Å². The van der Waals surface area contributed by atoms with Gasteiger partial charge in [0.05, 0.1) is 0 Å². The summed E-state index contributed by atoms with van der Waals surface area (Å²) in [6, 6.07) is 0. The first-order valence-corrected chi connectivity index (χ1v) is 11.0. The van der Waals surface area contributed by atoms with Gasteiger partial charge in [-0.2, -0.15) is 0 Å². The van der Waals surface area contributed by atoms with Crippen LogP contribution in [0.3, 0.4) is 0 Å². The molecule has 0 fully saturated rings. The van der Waals surface area contributed by atoms with Gasteiger partial charge in [0, 0.05) is 0 Å². The minimum Gasteiger partial charge on any atom is -1.00 e. The van der Waals surface area contributed by atoms with Crippen LogP contribution >= 0.6 is 0 Å². The molecule has 0 aromatic carbocycles. The fraction of sp³-hybridized carbons (Fsp3) is 0.471. The summed E-state index contributed by atoms with van der Waals surface area (Å²) in [5.41, 5.74) is 7.70. The molecule has 0 N–H and O–H groups in total. The third-order valence-electron chi connectivity index (χ3n) is 4.99. The molecule has 2 aliphatic rings. The zero-order valence-corrected chi connectivity index (χ0v) is 17.3. The number of hydrogen-bond donors (Lipinski definition) is 0. The first-order chi connectivity index (χ1) is 8.36. The minimum absolute atomic E-state index is 0. The molecule has 0 aromatic rings. The van der Waals surface area contributed by atoms with Gasteiger partial charge in [-0.05, 0) is 0 Å². The molecule has 1 unspecified atom stereocenters. The Kier molecular flexibility index (Phi) is 7.63. The Morgan fingerprint density at radius 3 is 1.90 bits per heavy atom. The number of allylic oxidation sites excluding steroid dienone is 8. The van der Waals surface area contributed by atoms with Crippen LogP contribution in [0, 0.1) is 5.92 Å². The summed E-state index contributed by atoms with van der Waals surface area (Å²) in [5.74, 6) is 0.651. The average molecular weight is 391 g/mol. The van der Waals surface area contributed by atoms with Crippen LogP contribution in [0.1, 0.15) is 48.0 Å². The quantitative estimate of drug-likeness (QED) is 0.563. The maximum absolute atomic E-state index is 4.68. The van der Waals surface area contributed by atoms with E-state index < -0.39 is 21.3 Å². The van der Waals surface area contributed by atoms with Crippen molar-refractivity contribution in [3.05, 3.63) is 40.5 Å². The van der Waals surface area contributed by atoms with Gasteiger partial charge in [-0.1, -0.05) is 0 Å². The fourth-order valence-corrected chi connectivity index (χ4v) is 9.81. The number of halogens is 2. The Hall–Kier alpha value is 0.293. The monoisotopic (exact) mass is 388 g/mol. The van der Waals surface area contributed by atoms with E-state index in [0.29, 0.717) is 5.92 Å². The summed E-state index contributed by atoms with van der Waals surface area (Å²) >= 11 is -1.82. The minimum atomic E-state index is -1.82. The Morgan fingerprint density at radius 2 is 1.55 bits per heavy atom. The zero-order chi connectivity index (χ0) is 13.6. The molecule has 2 rings (SSSR count). The first-order valence-electron chi connectivity index (χ1n) is 6.81. The summed E-state index contributed by atoms with van der Waals surface area (Å²) in [7, 11) is 0.